The van der Waals surface area contributed by atoms with E-state index in [4.69, 9.17) is 0 Å². The zero-order valence-corrected chi connectivity index (χ0v) is 12.0. The third-order valence-electron chi connectivity index (χ3n) is 4.03. The van der Waals surface area contributed by atoms with Crippen LogP contribution in [-0.2, 0) is 11.2 Å². The maximum atomic E-state index is 12.8. The van der Waals surface area contributed by atoms with E-state index < -0.39 is 5.92 Å². The van der Waals surface area contributed by atoms with Crippen LogP contribution in [0.5, 0.6) is 0 Å². The summed E-state index contributed by atoms with van der Waals surface area (Å²) in [7, 11) is 1.76. The van der Waals surface area contributed by atoms with Crippen molar-refractivity contribution in [2.24, 2.45) is 0 Å². The van der Waals surface area contributed by atoms with Gasteiger partial charge in [-0.05, 0) is 17.5 Å². The van der Waals surface area contributed by atoms with Crippen molar-refractivity contribution < 1.29 is 9.59 Å². The van der Waals surface area contributed by atoms with Gasteiger partial charge in [0.15, 0.2) is 5.78 Å². The van der Waals surface area contributed by atoms with Crippen molar-refractivity contribution in [2.75, 3.05) is 13.6 Å². The number of ketones is 1. The number of hydrogen-bond acceptors (Lipinski definition) is 2. The molecule has 106 valence electrons. The van der Waals surface area contributed by atoms with Crippen LogP contribution in [0, 0.1) is 0 Å². The van der Waals surface area contributed by atoms with Crippen LogP contribution in [0.4, 0.5) is 0 Å². The summed E-state index contributed by atoms with van der Waals surface area (Å²) in [5.41, 5.74) is 2.52. The van der Waals surface area contributed by atoms with Crippen molar-refractivity contribution in [1.82, 2.24) is 4.90 Å². The van der Waals surface area contributed by atoms with Gasteiger partial charge in [-0.25, -0.2) is 0 Å². The van der Waals surface area contributed by atoms with Gasteiger partial charge >= 0.3 is 0 Å². The minimum Gasteiger partial charge on any atom is -0.344 e. The first-order valence-electron chi connectivity index (χ1n) is 7.10. The zero-order valence-electron chi connectivity index (χ0n) is 12.0. The molecule has 1 aliphatic rings. The molecule has 0 aromatic heterocycles. The molecule has 0 bridgehead atoms. The summed E-state index contributed by atoms with van der Waals surface area (Å²) in [6, 6.07) is 16.8. The molecular formula is C18H17NO2. The number of carbonyl (C=O) groups excluding carboxylic acids is 2. The second-order valence-electron chi connectivity index (χ2n) is 5.37. The first kappa shape index (κ1) is 13.6. The molecule has 0 saturated carbocycles. The van der Waals surface area contributed by atoms with Gasteiger partial charge in [0.25, 0.3) is 0 Å². The van der Waals surface area contributed by atoms with Crippen molar-refractivity contribution in [3.8, 4) is 0 Å². The standard InChI is InChI=1S/C18H17NO2/c1-19-12-11-13-7-5-6-10-15(13)16(18(19)21)17(20)14-8-3-2-4-9-14/h2-10,16H,11-12H2,1H3. The summed E-state index contributed by atoms with van der Waals surface area (Å²) < 4.78 is 0. The predicted octanol–water partition coefficient (Wildman–Crippen LogP) is 2.67. The zero-order chi connectivity index (χ0) is 14.8. The summed E-state index contributed by atoms with van der Waals surface area (Å²) >= 11 is 0. The van der Waals surface area contributed by atoms with Gasteiger partial charge in [-0.15, -0.1) is 0 Å². The lowest BCUT2D eigenvalue weighted by molar-refractivity contribution is -0.130. The van der Waals surface area contributed by atoms with Crippen LogP contribution in [-0.4, -0.2) is 30.2 Å². The summed E-state index contributed by atoms with van der Waals surface area (Å²) in [5.74, 6) is -0.966. The summed E-state index contributed by atoms with van der Waals surface area (Å²) in [6.45, 7) is 0.647. The fraction of sp³-hybridized carbons (Fsp3) is 0.222. The molecule has 2 aromatic rings. The maximum absolute atomic E-state index is 12.8. The molecule has 3 heteroatoms. The number of fused-ring (bicyclic) bond motifs is 1. The van der Waals surface area contributed by atoms with Crippen LogP contribution in [0.25, 0.3) is 0 Å². The van der Waals surface area contributed by atoms with E-state index in [1.807, 2.05) is 42.5 Å². The van der Waals surface area contributed by atoms with Crippen molar-refractivity contribution in [3.05, 3.63) is 71.3 Å². The highest BCUT2D eigenvalue weighted by molar-refractivity contribution is 6.14. The van der Waals surface area contributed by atoms with Crippen LogP contribution >= 0.6 is 0 Å². The Morgan fingerprint density at radius 2 is 1.71 bits per heavy atom. The van der Waals surface area contributed by atoms with Gasteiger partial charge in [-0.3, -0.25) is 9.59 Å². The van der Waals surface area contributed by atoms with E-state index in [0.29, 0.717) is 12.1 Å². The van der Waals surface area contributed by atoms with Gasteiger partial charge in [0, 0.05) is 19.2 Å². The SMILES string of the molecule is CN1CCc2ccccc2C(C(=O)c2ccccc2)C1=O. The molecule has 0 spiro atoms. The number of hydrogen-bond donors (Lipinski definition) is 0. The topological polar surface area (TPSA) is 37.4 Å². The van der Waals surface area contributed by atoms with E-state index in [-0.39, 0.29) is 11.7 Å². The Morgan fingerprint density at radius 3 is 2.48 bits per heavy atom. The third-order valence-corrected chi connectivity index (χ3v) is 4.03. The normalized spacial score (nSPS) is 18.0. The largest absolute Gasteiger partial charge is 0.344 e. The van der Waals surface area contributed by atoms with Crippen LogP contribution in [0.15, 0.2) is 54.6 Å². The number of nitrogens with zero attached hydrogens (tertiary/aromatic N) is 1. The lowest BCUT2D eigenvalue weighted by Crippen LogP contribution is -2.34. The van der Waals surface area contributed by atoms with Crippen molar-refractivity contribution in [2.45, 2.75) is 12.3 Å². The fourth-order valence-corrected chi connectivity index (χ4v) is 2.82. The van der Waals surface area contributed by atoms with Gasteiger partial charge in [0.05, 0.1) is 0 Å². The molecule has 0 saturated heterocycles. The van der Waals surface area contributed by atoms with Crippen LogP contribution < -0.4 is 0 Å². The summed E-state index contributed by atoms with van der Waals surface area (Å²) in [6.07, 6.45) is 0.789. The molecule has 21 heavy (non-hydrogen) atoms. The van der Waals surface area contributed by atoms with Crippen LogP contribution in [0.1, 0.15) is 27.4 Å². The highest BCUT2D eigenvalue weighted by Crippen LogP contribution is 2.29. The maximum Gasteiger partial charge on any atom is 0.237 e. The monoisotopic (exact) mass is 279 g/mol. The molecular weight excluding hydrogens is 262 g/mol. The number of Topliss-reactive ketones (excluding diaryl/α,β-unsaturated/α-hetero) is 1. The Morgan fingerprint density at radius 1 is 1.05 bits per heavy atom. The second-order valence-corrected chi connectivity index (χ2v) is 5.37. The molecule has 0 fully saturated rings. The van der Waals surface area contributed by atoms with E-state index in [2.05, 4.69) is 0 Å². The average molecular weight is 279 g/mol. The van der Waals surface area contributed by atoms with Crippen LogP contribution in [0.2, 0.25) is 0 Å². The van der Waals surface area contributed by atoms with E-state index in [9.17, 15) is 9.59 Å². The van der Waals surface area contributed by atoms with E-state index in [1.54, 1.807) is 24.1 Å². The molecule has 1 atom stereocenters. The first-order valence-corrected chi connectivity index (χ1v) is 7.10. The minimum atomic E-state index is -0.726. The molecule has 0 aliphatic carbocycles. The van der Waals surface area contributed by atoms with E-state index in [0.717, 1.165) is 17.5 Å². The molecule has 2 aromatic carbocycles. The summed E-state index contributed by atoms with van der Waals surface area (Å²) in [5, 5.41) is 0. The highest BCUT2D eigenvalue weighted by atomic mass is 16.2. The third kappa shape index (κ3) is 2.47. The Balaban J connectivity index is 2.09. The Kier molecular flexibility index (Phi) is 3.57. The van der Waals surface area contributed by atoms with E-state index in [1.165, 1.54) is 0 Å². The number of carbonyl (C=O) groups is 2. The number of rotatable bonds is 2. The quantitative estimate of drug-likeness (QED) is 0.626. The lowest BCUT2D eigenvalue weighted by Gasteiger charge is -2.20. The Bertz CT molecular complexity index is 679. The number of amides is 1. The molecule has 1 heterocycles. The average Bonchev–Trinajstić information content (AvgIpc) is 2.65. The molecule has 0 radical (unpaired) electrons. The summed E-state index contributed by atoms with van der Waals surface area (Å²) in [4.78, 5) is 27.1. The fourth-order valence-electron chi connectivity index (χ4n) is 2.82. The van der Waals surface area contributed by atoms with Gasteiger partial charge < -0.3 is 4.90 Å². The van der Waals surface area contributed by atoms with Crippen LogP contribution in [0.3, 0.4) is 0 Å². The molecule has 1 aliphatic heterocycles. The minimum absolute atomic E-state index is 0.117. The molecule has 0 N–H and O–H groups in total. The second kappa shape index (κ2) is 5.52. The molecule has 1 unspecified atom stereocenters. The predicted molar refractivity (Wildman–Crippen MR) is 81.3 cm³/mol. The number of benzene rings is 2. The first-order chi connectivity index (χ1) is 10.2. The Hall–Kier alpha value is -2.42. The van der Waals surface area contributed by atoms with E-state index >= 15 is 0 Å². The van der Waals surface area contributed by atoms with Crippen molar-refractivity contribution in [1.29, 1.82) is 0 Å². The molecule has 1 amide bonds. The molecule has 3 nitrogen and oxygen atoms in total. The Labute approximate surface area is 124 Å². The smallest absolute Gasteiger partial charge is 0.237 e. The van der Waals surface area contributed by atoms with Crippen molar-refractivity contribution in [3.63, 3.8) is 0 Å². The highest BCUT2D eigenvalue weighted by Gasteiger charge is 2.34. The van der Waals surface area contributed by atoms with Gasteiger partial charge in [-0.2, -0.15) is 0 Å². The van der Waals surface area contributed by atoms with Crippen molar-refractivity contribution >= 4 is 11.7 Å². The molecule has 3 rings (SSSR count). The van der Waals surface area contributed by atoms with Gasteiger partial charge in [-0.1, -0.05) is 54.6 Å². The number of likely N-dealkylation sites (N-methyl/N-ethyl adjacent to an activating group) is 1. The van der Waals surface area contributed by atoms with Gasteiger partial charge in [0.1, 0.15) is 5.92 Å². The van der Waals surface area contributed by atoms with Gasteiger partial charge in [0.2, 0.25) is 5.91 Å². The lowest BCUT2D eigenvalue weighted by atomic mass is 9.87.